The van der Waals surface area contributed by atoms with Crippen LogP contribution in [0, 0.1) is 11.3 Å². The lowest BCUT2D eigenvalue weighted by atomic mass is 9.71. The fourth-order valence-electron chi connectivity index (χ4n) is 4.15. The van der Waals surface area contributed by atoms with E-state index < -0.39 is 0 Å². The molecule has 1 aromatic rings. The van der Waals surface area contributed by atoms with Gasteiger partial charge in [0.1, 0.15) is 0 Å². The zero-order valence-electron chi connectivity index (χ0n) is 13.2. The van der Waals surface area contributed by atoms with Crippen LogP contribution in [-0.2, 0) is 6.54 Å². The summed E-state index contributed by atoms with van der Waals surface area (Å²) in [6.07, 6.45) is 8.31. The predicted molar refractivity (Wildman–Crippen MR) is 85.1 cm³/mol. The van der Waals surface area contributed by atoms with Gasteiger partial charge < -0.3 is 5.32 Å². The van der Waals surface area contributed by atoms with Gasteiger partial charge in [-0.1, -0.05) is 38.3 Å². The second-order valence-electron chi connectivity index (χ2n) is 6.58. The van der Waals surface area contributed by atoms with Gasteiger partial charge in [-0.05, 0) is 44.6 Å². The first-order valence-electron chi connectivity index (χ1n) is 7.92. The van der Waals surface area contributed by atoms with E-state index in [0.717, 1.165) is 11.6 Å². The lowest BCUT2D eigenvalue weighted by Crippen LogP contribution is -2.37. The van der Waals surface area contributed by atoms with Gasteiger partial charge >= 0.3 is 0 Å². The Bertz CT molecular complexity index is 433. The molecule has 0 aromatic carbocycles. The molecule has 0 spiro atoms. The molecule has 0 aliphatic heterocycles. The summed E-state index contributed by atoms with van der Waals surface area (Å²) in [5, 5.41) is 8.80. The van der Waals surface area contributed by atoms with Crippen LogP contribution in [0.1, 0.15) is 64.6 Å². The molecule has 0 bridgehead atoms. The molecule has 1 unspecified atom stereocenters. The molecule has 1 aliphatic carbocycles. The first-order chi connectivity index (χ1) is 9.54. The van der Waals surface area contributed by atoms with Crippen LogP contribution in [0.4, 0.5) is 0 Å². The van der Waals surface area contributed by atoms with E-state index in [1.165, 1.54) is 37.8 Å². The van der Waals surface area contributed by atoms with E-state index in [-0.39, 0.29) is 0 Å². The monoisotopic (exact) mass is 297 g/mol. The molecule has 3 nitrogen and oxygen atoms in total. The average Bonchev–Trinajstić information content (AvgIpc) is 2.99. The third kappa shape index (κ3) is 2.89. The number of nitrogens with zero attached hydrogens (tertiary/aromatic N) is 2. The standard InChI is InChI=1S/C16H28ClN3/c1-5-20-14(13(17)11-19-20)15(18-4)16(10-12(2)3)8-6-7-9-16/h11-12,15,18H,5-10H2,1-4H3. The van der Waals surface area contributed by atoms with Crippen molar-refractivity contribution in [2.24, 2.45) is 11.3 Å². The SMILES string of the molecule is CCn1ncc(Cl)c1C(NC)C1(CC(C)C)CCCC1. The number of hydrogen-bond donors (Lipinski definition) is 1. The molecule has 1 saturated carbocycles. The Hall–Kier alpha value is -0.540. The fraction of sp³-hybridized carbons (Fsp3) is 0.812. The number of aryl methyl sites for hydroxylation is 1. The van der Waals surface area contributed by atoms with Gasteiger partial charge in [-0.25, -0.2) is 0 Å². The highest BCUT2D eigenvalue weighted by molar-refractivity contribution is 6.31. The highest BCUT2D eigenvalue weighted by atomic mass is 35.5. The molecular weight excluding hydrogens is 270 g/mol. The van der Waals surface area contributed by atoms with Crippen LogP contribution in [0.5, 0.6) is 0 Å². The summed E-state index contributed by atoms with van der Waals surface area (Å²) in [5.41, 5.74) is 1.51. The molecule has 0 radical (unpaired) electrons. The molecule has 114 valence electrons. The van der Waals surface area contributed by atoms with E-state index in [1.54, 1.807) is 6.20 Å². The first-order valence-corrected chi connectivity index (χ1v) is 8.30. The lowest BCUT2D eigenvalue weighted by molar-refractivity contribution is 0.155. The van der Waals surface area contributed by atoms with Crippen LogP contribution in [0.15, 0.2) is 6.20 Å². The lowest BCUT2D eigenvalue weighted by Gasteiger charge is -2.39. The van der Waals surface area contributed by atoms with Gasteiger partial charge in [0, 0.05) is 6.54 Å². The highest BCUT2D eigenvalue weighted by Gasteiger charge is 2.43. The predicted octanol–water partition coefficient (Wildman–Crippen LogP) is 4.42. The second kappa shape index (κ2) is 6.48. The minimum absolute atomic E-state index is 0.308. The molecule has 1 atom stereocenters. The third-order valence-corrected chi connectivity index (χ3v) is 5.01. The summed E-state index contributed by atoms with van der Waals surface area (Å²) >= 11 is 6.45. The third-order valence-electron chi connectivity index (χ3n) is 4.72. The smallest absolute Gasteiger partial charge is 0.0834 e. The molecular formula is C16H28ClN3. The van der Waals surface area contributed by atoms with Crippen molar-refractivity contribution in [2.45, 2.75) is 65.5 Å². The summed E-state index contributed by atoms with van der Waals surface area (Å²) in [7, 11) is 2.06. The molecule has 0 saturated heterocycles. The summed E-state index contributed by atoms with van der Waals surface area (Å²) in [6, 6.07) is 0.308. The fourth-order valence-corrected chi connectivity index (χ4v) is 4.40. The van der Waals surface area contributed by atoms with Crippen LogP contribution in [0.2, 0.25) is 5.02 Å². The maximum atomic E-state index is 6.45. The Kier molecular flexibility index (Phi) is 5.14. The highest BCUT2D eigenvalue weighted by Crippen LogP contribution is 2.52. The van der Waals surface area contributed by atoms with Crippen molar-refractivity contribution in [1.29, 1.82) is 0 Å². The largest absolute Gasteiger partial charge is 0.311 e. The van der Waals surface area contributed by atoms with Gasteiger partial charge in [0.2, 0.25) is 0 Å². The Balaban J connectivity index is 2.40. The molecule has 1 aliphatic rings. The van der Waals surface area contributed by atoms with E-state index in [0.29, 0.717) is 17.4 Å². The first kappa shape index (κ1) is 15.8. The summed E-state index contributed by atoms with van der Waals surface area (Å²) in [5.74, 6) is 0.709. The van der Waals surface area contributed by atoms with Crippen molar-refractivity contribution in [2.75, 3.05) is 7.05 Å². The maximum absolute atomic E-state index is 6.45. The van der Waals surface area contributed by atoms with Gasteiger partial charge in [-0.15, -0.1) is 0 Å². The summed E-state index contributed by atoms with van der Waals surface area (Å²) in [4.78, 5) is 0. The Morgan fingerprint density at radius 2 is 2.05 bits per heavy atom. The number of hydrogen-bond acceptors (Lipinski definition) is 2. The molecule has 20 heavy (non-hydrogen) atoms. The Morgan fingerprint density at radius 3 is 2.55 bits per heavy atom. The molecule has 0 amide bonds. The van der Waals surface area contributed by atoms with Crippen LogP contribution in [0.3, 0.4) is 0 Å². The van der Waals surface area contributed by atoms with Crippen molar-refractivity contribution in [1.82, 2.24) is 15.1 Å². The number of aromatic nitrogens is 2. The molecule has 1 heterocycles. The second-order valence-corrected chi connectivity index (χ2v) is 6.99. The minimum atomic E-state index is 0.308. The maximum Gasteiger partial charge on any atom is 0.0834 e. The Morgan fingerprint density at radius 1 is 1.40 bits per heavy atom. The molecule has 1 fully saturated rings. The van der Waals surface area contributed by atoms with Gasteiger partial charge in [0.05, 0.1) is 23.0 Å². The van der Waals surface area contributed by atoms with Crippen molar-refractivity contribution >= 4 is 11.6 Å². The van der Waals surface area contributed by atoms with Crippen LogP contribution < -0.4 is 5.32 Å². The van der Waals surface area contributed by atoms with E-state index in [1.807, 2.05) is 0 Å². The van der Waals surface area contributed by atoms with Gasteiger partial charge in [-0.2, -0.15) is 5.10 Å². The van der Waals surface area contributed by atoms with E-state index in [9.17, 15) is 0 Å². The molecule has 4 heteroatoms. The van der Waals surface area contributed by atoms with Gasteiger partial charge in [0.25, 0.3) is 0 Å². The molecule has 1 aromatic heterocycles. The normalized spacial score (nSPS) is 19.7. The average molecular weight is 298 g/mol. The summed E-state index contributed by atoms with van der Waals surface area (Å²) < 4.78 is 2.06. The quantitative estimate of drug-likeness (QED) is 0.842. The van der Waals surface area contributed by atoms with Crippen LogP contribution >= 0.6 is 11.6 Å². The van der Waals surface area contributed by atoms with Crippen LogP contribution in [-0.4, -0.2) is 16.8 Å². The van der Waals surface area contributed by atoms with E-state index >= 15 is 0 Å². The number of rotatable bonds is 6. The molecule has 1 N–H and O–H groups in total. The summed E-state index contributed by atoms with van der Waals surface area (Å²) in [6.45, 7) is 7.65. The van der Waals surface area contributed by atoms with Gasteiger partial charge in [-0.3, -0.25) is 4.68 Å². The zero-order valence-corrected chi connectivity index (χ0v) is 14.0. The van der Waals surface area contributed by atoms with Crippen molar-refractivity contribution < 1.29 is 0 Å². The van der Waals surface area contributed by atoms with E-state index in [4.69, 9.17) is 11.6 Å². The van der Waals surface area contributed by atoms with Crippen molar-refractivity contribution in [3.8, 4) is 0 Å². The van der Waals surface area contributed by atoms with Crippen molar-refractivity contribution in [3.63, 3.8) is 0 Å². The number of nitrogens with one attached hydrogen (secondary N) is 1. The zero-order chi connectivity index (χ0) is 14.8. The van der Waals surface area contributed by atoms with E-state index in [2.05, 4.69) is 42.9 Å². The topological polar surface area (TPSA) is 29.9 Å². The van der Waals surface area contributed by atoms with Crippen LogP contribution in [0.25, 0.3) is 0 Å². The van der Waals surface area contributed by atoms with Crippen molar-refractivity contribution in [3.05, 3.63) is 16.9 Å². The number of halogens is 1. The minimum Gasteiger partial charge on any atom is -0.311 e. The van der Waals surface area contributed by atoms with Gasteiger partial charge in [0.15, 0.2) is 0 Å². The molecule has 2 rings (SSSR count). The Labute approximate surface area is 128 Å².